The average molecular weight is 419 g/mol. The predicted molar refractivity (Wildman–Crippen MR) is 122 cm³/mol. The smallest absolute Gasteiger partial charge is 0.257 e. The largest absolute Gasteiger partial charge is 0.494 e. The molecule has 0 atom stereocenters. The zero-order valence-corrected chi connectivity index (χ0v) is 18.5. The van der Waals surface area contributed by atoms with E-state index in [-0.39, 0.29) is 5.91 Å². The minimum atomic E-state index is 0.0676. The fraction of sp³-hybridized carbons (Fsp3) is 0.360. The number of aryl methyl sites for hydroxylation is 1. The van der Waals surface area contributed by atoms with Crippen LogP contribution in [-0.4, -0.2) is 58.3 Å². The lowest BCUT2D eigenvalue weighted by Crippen LogP contribution is -2.48. The van der Waals surface area contributed by atoms with Crippen LogP contribution in [0, 0.1) is 13.8 Å². The minimum Gasteiger partial charge on any atom is -0.494 e. The van der Waals surface area contributed by atoms with Gasteiger partial charge in [0.1, 0.15) is 5.75 Å². The highest BCUT2D eigenvalue weighted by Crippen LogP contribution is 2.20. The maximum atomic E-state index is 13.2. The van der Waals surface area contributed by atoms with E-state index in [2.05, 4.69) is 35.1 Å². The van der Waals surface area contributed by atoms with Gasteiger partial charge in [-0.25, -0.2) is 4.68 Å². The number of carbonyl (C=O) groups is 1. The Morgan fingerprint density at radius 2 is 1.71 bits per heavy atom. The Hall–Kier alpha value is -3.12. The number of piperazine rings is 1. The first-order valence-corrected chi connectivity index (χ1v) is 10.9. The quantitative estimate of drug-likeness (QED) is 0.610. The van der Waals surface area contributed by atoms with Crippen molar-refractivity contribution >= 4 is 5.91 Å². The number of hydrogen-bond acceptors (Lipinski definition) is 4. The van der Waals surface area contributed by atoms with Crippen LogP contribution in [0.3, 0.4) is 0 Å². The first-order valence-electron chi connectivity index (χ1n) is 10.9. The summed E-state index contributed by atoms with van der Waals surface area (Å²) in [4.78, 5) is 17.5. The molecular weight excluding hydrogens is 388 g/mol. The molecule has 1 saturated heterocycles. The van der Waals surface area contributed by atoms with E-state index in [1.807, 2.05) is 53.8 Å². The van der Waals surface area contributed by atoms with Crippen molar-refractivity contribution in [3.05, 3.63) is 77.1 Å². The number of aromatic nitrogens is 2. The molecule has 6 nitrogen and oxygen atoms in total. The van der Waals surface area contributed by atoms with Gasteiger partial charge in [0.05, 0.1) is 29.7 Å². The van der Waals surface area contributed by atoms with E-state index in [1.165, 1.54) is 5.56 Å². The molecule has 0 N–H and O–H groups in total. The molecule has 31 heavy (non-hydrogen) atoms. The number of amides is 1. The predicted octanol–water partition coefficient (Wildman–Crippen LogP) is 3.85. The van der Waals surface area contributed by atoms with Crippen molar-refractivity contribution in [1.29, 1.82) is 0 Å². The third kappa shape index (κ3) is 4.64. The molecule has 1 aliphatic rings. The number of hydrogen-bond donors (Lipinski definition) is 0. The number of nitrogens with zero attached hydrogens (tertiary/aromatic N) is 4. The second kappa shape index (κ2) is 9.35. The molecule has 3 aromatic rings. The van der Waals surface area contributed by atoms with Crippen molar-refractivity contribution in [2.75, 3.05) is 32.8 Å². The van der Waals surface area contributed by atoms with Crippen LogP contribution in [0.5, 0.6) is 5.75 Å². The summed E-state index contributed by atoms with van der Waals surface area (Å²) < 4.78 is 7.38. The monoisotopic (exact) mass is 418 g/mol. The zero-order chi connectivity index (χ0) is 21.8. The van der Waals surface area contributed by atoms with Crippen molar-refractivity contribution in [3.8, 4) is 11.4 Å². The Labute approximate surface area is 184 Å². The molecule has 1 aliphatic heterocycles. The van der Waals surface area contributed by atoms with E-state index in [1.54, 1.807) is 6.20 Å². The molecule has 0 saturated carbocycles. The van der Waals surface area contributed by atoms with Crippen molar-refractivity contribution in [2.24, 2.45) is 0 Å². The van der Waals surface area contributed by atoms with Gasteiger partial charge in [0.15, 0.2) is 0 Å². The number of carbonyl (C=O) groups excluding carboxylic acids is 1. The van der Waals surface area contributed by atoms with Gasteiger partial charge >= 0.3 is 0 Å². The molecule has 1 aromatic heterocycles. The van der Waals surface area contributed by atoms with E-state index >= 15 is 0 Å². The topological polar surface area (TPSA) is 50.6 Å². The molecule has 1 amide bonds. The second-order valence-electron chi connectivity index (χ2n) is 7.99. The summed E-state index contributed by atoms with van der Waals surface area (Å²) in [7, 11) is 0. The molecule has 2 aromatic carbocycles. The maximum Gasteiger partial charge on any atom is 0.257 e. The van der Waals surface area contributed by atoms with Crippen molar-refractivity contribution in [3.63, 3.8) is 0 Å². The minimum absolute atomic E-state index is 0.0676. The van der Waals surface area contributed by atoms with E-state index in [9.17, 15) is 4.79 Å². The normalized spacial score (nSPS) is 14.6. The van der Waals surface area contributed by atoms with E-state index < -0.39 is 0 Å². The summed E-state index contributed by atoms with van der Waals surface area (Å²) in [5, 5.41) is 4.50. The Balaban J connectivity index is 1.37. The molecule has 1 fully saturated rings. The molecular formula is C25H30N4O2. The second-order valence-corrected chi connectivity index (χ2v) is 7.99. The van der Waals surface area contributed by atoms with Crippen LogP contribution in [0.1, 0.15) is 34.1 Å². The highest BCUT2D eigenvalue weighted by atomic mass is 16.5. The van der Waals surface area contributed by atoms with Gasteiger partial charge in [0, 0.05) is 32.7 Å². The van der Waals surface area contributed by atoms with Crippen LogP contribution < -0.4 is 4.74 Å². The molecule has 0 bridgehead atoms. The van der Waals surface area contributed by atoms with Gasteiger partial charge in [0.25, 0.3) is 5.91 Å². The summed E-state index contributed by atoms with van der Waals surface area (Å²) >= 11 is 0. The Kier molecular flexibility index (Phi) is 6.37. The van der Waals surface area contributed by atoms with Crippen LogP contribution in [0.2, 0.25) is 0 Å². The van der Waals surface area contributed by atoms with Gasteiger partial charge in [-0.3, -0.25) is 9.69 Å². The fourth-order valence-corrected chi connectivity index (χ4v) is 4.06. The molecule has 4 rings (SSSR count). The van der Waals surface area contributed by atoms with Crippen molar-refractivity contribution < 1.29 is 9.53 Å². The van der Waals surface area contributed by atoms with Gasteiger partial charge in [0.2, 0.25) is 0 Å². The lowest BCUT2D eigenvalue weighted by atomic mass is 10.1. The van der Waals surface area contributed by atoms with Crippen molar-refractivity contribution in [2.45, 2.75) is 27.3 Å². The first-order chi connectivity index (χ1) is 15.1. The lowest BCUT2D eigenvalue weighted by molar-refractivity contribution is 0.0627. The van der Waals surface area contributed by atoms with Gasteiger partial charge in [-0.1, -0.05) is 30.3 Å². The highest BCUT2D eigenvalue weighted by molar-refractivity contribution is 5.95. The number of benzene rings is 2. The van der Waals surface area contributed by atoms with Crippen LogP contribution in [0.25, 0.3) is 5.69 Å². The summed E-state index contributed by atoms with van der Waals surface area (Å²) in [5.41, 5.74) is 4.98. The molecule has 162 valence electrons. The summed E-state index contributed by atoms with van der Waals surface area (Å²) in [6.45, 7) is 10.8. The van der Waals surface area contributed by atoms with Gasteiger partial charge in [-0.2, -0.15) is 5.10 Å². The van der Waals surface area contributed by atoms with Crippen LogP contribution in [0.4, 0.5) is 0 Å². The molecule has 0 spiro atoms. The van der Waals surface area contributed by atoms with E-state index in [0.717, 1.165) is 55.4 Å². The van der Waals surface area contributed by atoms with Gasteiger partial charge in [-0.15, -0.1) is 0 Å². The van der Waals surface area contributed by atoms with Crippen LogP contribution in [0.15, 0.2) is 54.7 Å². The summed E-state index contributed by atoms with van der Waals surface area (Å²) in [6, 6.07) is 16.4. The number of para-hydroxylation sites is 1. The van der Waals surface area contributed by atoms with Crippen molar-refractivity contribution in [1.82, 2.24) is 19.6 Å². The SMILES string of the molecule is CCOc1ccc(CN2CCN(C(=O)c3cnn(-c4ccccc4C)c3C)CC2)cc1. The van der Waals surface area contributed by atoms with Crippen LogP contribution >= 0.6 is 0 Å². The summed E-state index contributed by atoms with van der Waals surface area (Å²) in [6.07, 6.45) is 1.70. The summed E-state index contributed by atoms with van der Waals surface area (Å²) in [5.74, 6) is 0.973. The standard InChI is InChI=1S/C25H30N4O2/c1-4-31-22-11-9-21(10-12-22)18-27-13-15-28(16-14-27)25(30)23-17-26-29(20(23)3)24-8-6-5-7-19(24)2/h5-12,17H,4,13-16,18H2,1-3H3. The third-order valence-corrected chi connectivity index (χ3v) is 5.88. The fourth-order valence-electron chi connectivity index (χ4n) is 4.06. The molecule has 2 heterocycles. The first kappa shape index (κ1) is 21.1. The third-order valence-electron chi connectivity index (χ3n) is 5.88. The molecule has 0 aliphatic carbocycles. The maximum absolute atomic E-state index is 13.2. The van der Waals surface area contributed by atoms with Gasteiger partial charge in [-0.05, 0) is 50.1 Å². The Morgan fingerprint density at radius 3 is 2.39 bits per heavy atom. The Morgan fingerprint density at radius 1 is 1.00 bits per heavy atom. The number of rotatable bonds is 6. The average Bonchev–Trinajstić information content (AvgIpc) is 3.17. The van der Waals surface area contributed by atoms with E-state index in [0.29, 0.717) is 12.2 Å². The zero-order valence-electron chi connectivity index (χ0n) is 18.5. The van der Waals surface area contributed by atoms with E-state index in [4.69, 9.17) is 4.74 Å². The highest BCUT2D eigenvalue weighted by Gasteiger charge is 2.25. The number of ether oxygens (including phenoxy) is 1. The Bertz CT molecular complexity index is 1030. The molecule has 0 radical (unpaired) electrons. The van der Waals surface area contributed by atoms with Crippen LogP contribution in [-0.2, 0) is 6.54 Å². The molecule has 6 heteroatoms. The molecule has 0 unspecified atom stereocenters. The van der Waals surface area contributed by atoms with Gasteiger partial charge < -0.3 is 9.64 Å². The lowest BCUT2D eigenvalue weighted by Gasteiger charge is -2.34.